The standard InChI is InChI=1S/C23H27Cl2N5O2/c24-18-3-1-2-15(21(18)25)12-30(32)19-11-14(22(27)28)5-4-13(19)10-20(30)23(31)29-17-8-6-16(26)7-9-17/h1-5,11,16-17,20H,6-10,12,26H2,(H3,27,28)(H,29,31). The maximum absolute atomic E-state index is 14.4. The second-order valence-electron chi connectivity index (χ2n) is 8.76. The van der Waals surface area contributed by atoms with Crippen LogP contribution in [0.3, 0.4) is 0 Å². The normalized spacial score (nSPS) is 27.1. The molecule has 0 spiro atoms. The number of quaternary nitrogens is 1. The van der Waals surface area contributed by atoms with Crippen molar-refractivity contribution in [3.05, 3.63) is 68.3 Å². The number of amidine groups is 1. The lowest BCUT2D eigenvalue weighted by Gasteiger charge is -2.44. The molecule has 2 aliphatic rings. The smallest absolute Gasteiger partial charge is 0.279 e. The Morgan fingerprint density at radius 1 is 1.19 bits per heavy atom. The fourth-order valence-corrected chi connectivity index (χ4v) is 5.12. The summed E-state index contributed by atoms with van der Waals surface area (Å²) >= 11 is 12.6. The number of nitrogen functional groups attached to an aromatic ring is 1. The summed E-state index contributed by atoms with van der Waals surface area (Å²) in [5, 5.41) is 26.0. The van der Waals surface area contributed by atoms with Crippen LogP contribution >= 0.6 is 23.2 Å². The summed E-state index contributed by atoms with van der Waals surface area (Å²) in [7, 11) is 0. The van der Waals surface area contributed by atoms with Gasteiger partial charge in [0, 0.05) is 41.3 Å². The molecule has 0 radical (unpaired) electrons. The van der Waals surface area contributed by atoms with Crippen molar-refractivity contribution in [3.8, 4) is 0 Å². The molecule has 170 valence electrons. The van der Waals surface area contributed by atoms with E-state index in [1.807, 2.05) is 0 Å². The fourth-order valence-electron chi connectivity index (χ4n) is 4.74. The van der Waals surface area contributed by atoms with Crippen LogP contribution in [0.15, 0.2) is 36.4 Å². The number of carbonyl (C=O) groups is 1. The van der Waals surface area contributed by atoms with Crippen molar-refractivity contribution in [2.45, 2.75) is 56.8 Å². The molecule has 2 aromatic carbocycles. The molecular formula is C23H27Cl2N5O2. The monoisotopic (exact) mass is 475 g/mol. The lowest BCUT2D eigenvalue weighted by molar-refractivity contribution is -0.126. The summed E-state index contributed by atoms with van der Waals surface area (Å²) in [5.74, 6) is -0.411. The first-order valence-electron chi connectivity index (χ1n) is 10.7. The first kappa shape index (κ1) is 23.0. The molecule has 6 N–H and O–H groups in total. The summed E-state index contributed by atoms with van der Waals surface area (Å²) < 4.78 is -0.908. The number of hydroxylamine groups is 2. The number of hydrogen-bond donors (Lipinski definition) is 4. The van der Waals surface area contributed by atoms with Crippen molar-refractivity contribution in [1.82, 2.24) is 9.96 Å². The Hall–Kier alpha value is -2.16. The molecular weight excluding hydrogens is 449 g/mol. The molecule has 32 heavy (non-hydrogen) atoms. The maximum atomic E-state index is 14.4. The Morgan fingerprint density at radius 2 is 1.91 bits per heavy atom. The van der Waals surface area contributed by atoms with Gasteiger partial charge in [0.1, 0.15) is 18.1 Å². The van der Waals surface area contributed by atoms with Crippen LogP contribution in [0.25, 0.3) is 0 Å². The number of nitrogens with one attached hydrogen (secondary N) is 2. The highest BCUT2D eigenvalue weighted by Gasteiger charge is 2.46. The minimum Gasteiger partial charge on any atom is -0.627 e. The van der Waals surface area contributed by atoms with E-state index in [1.165, 1.54) is 0 Å². The van der Waals surface area contributed by atoms with E-state index in [0.717, 1.165) is 31.2 Å². The lowest BCUT2D eigenvalue weighted by atomic mass is 9.91. The van der Waals surface area contributed by atoms with Crippen molar-refractivity contribution < 1.29 is 4.79 Å². The van der Waals surface area contributed by atoms with Crippen LogP contribution in [-0.2, 0) is 17.8 Å². The van der Waals surface area contributed by atoms with Crippen molar-refractivity contribution >= 4 is 40.6 Å². The van der Waals surface area contributed by atoms with Crippen LogP contribution in [0, 0.1) is 10.6 Å². The van der Waals surface area contributed by atoms with Gasteiger partial charge in [-0.3, -0.25) is 10.2 Å². The first-order valence-corrected chi connectivity index (χ1v) is 11.5. The Labute approximate surface area is 197 Å². The van der Waals surface area contributed by atoms with Gasteiger partial charge in [0.25, 0.3) is 5.91 Å². The van der Waals surface area contributed by atoms with Gasteiger partial charge >= 0.3 is 0 Å². The number of carbonyl (C=O) groups excluding carboxylic acids is 1. The van der Waals surface area contributed by atoms with E-state index in [4.69, 9.17) is 40.1 Å². The summed E-state index contributed by atoms with van der Waals surface area (Å²) in [6.45, 7) is -0.0542. The van der Waals surface area contributed by atoms with Gasteiger partial charge in [-0.25, -0.2) is 0 Å². The highest BCUT2D eigenvalue weighted by Crippen LogP contribution is 2.42. The van der Waals surface area contributed by atoms with Crippen LogP contribution < -0.4 is 21.4 Å². The zero-order valence-corrected chi connectivity index (χ0v) is 19.1. The molecule has 9 heteroatoms. The van der Waals surface area contributed by atoms with Crippen LogP contribution in [0.4, 0.5) is 5.69 Å². The van der Waals surface area contributed by atoms with Gasteiger partial charge in [0.2, 0.25) is 0 Å². The van der Waals surface area contributed by atoms with Crippen LogP contribution in [0.1, 0.15) is 42.4 Å². The number of nitrogens with zero attached hydrogens (tertiary/aromatic N) is 1. The summed E-state index contributed by atoms with van der Waals surface area (Å²) in [4.78, 5) is 13.4. The number of rotatable bonds is 5. The number of benzene rings is 2. The van der Waals surface area contributed by atoms with E-state index in [1.54, 1.807) is 36.4 Å². The Kier molecular flexibility index (Phi) is 6.47. The van der Waals surface area contributed by atoms with E-state index < -0.39 is 10.7 Å². The molecule has 1 aliphatic carbocycles. The van der Waals surface area contributed by atoms with Crippen molar-refractivity contribution in [3.63, 3.8) is 0 Å². The summed E-state index contributed by atoms with van der Waals surface area (Å²) in [5.41, 5.74) is 13.9. The van der Waals surface area contributed by atoms with Gasteiger partial charge in [-0.2, -0.15) is 0 Å². The third-order valence-corrected chi connectivity index (χ3v) is 7.44. The molecule has 1 fully saturated rings. The third kappa shape index (κ3) is 4.36. The SMILES string of the molecule is N=C(N)c1ccc2c(c1)[N+]([O-])(Cc1cccc(Cl)c1Cl)C(C(=O)NC1CCC(N)CC1)C2. The molecule has 4 rings (SSSR count). The average Bonchev–Trinajstić information content (AvgIpc) is 3.05. The highest BCUT2D eigenvalue weighted by molar-refractivity contribution is 6.42. The summed E-state index contributed by atoms with van der Waals surface area (Å²) in [6, 6.07) is 9.56. The second-order valence-corrected chi connectivity index (χ2v) is 9.55. The van der Waals surface area contributed by atoms with Gasteiger partial charge in [0.05, 0.1) is 10.0 Å². The molecule has 0 aromatic heterocycles. The Bertz CT molecular complexity index is 1050. The molecule has 1 heterocycles. The number of amides is 1. The molecule has 0 saturated heterocycles. The van der Waals surface area contributed by atoms with Crippen LogP contribution in [0.2, 0.25) is 10.0 Å². The van der Waals surface area contributed by atoms with E-state index in [9.17, 15) is 10.0 Å². The van der Waals surface area contributed by atoms with Gasteiger partial charge in [-0.05, 0) is 31.7 Å². The molecule has 7 nitrogen and oxygen atoms in total. The minimum atomic E-state index is -0.908. The molecule has 2 atom stereocenters. The largest absolute Gasteiger partial charge is 0.627 e. The van der Waals surface area contributed by atoms with E-state index in [-0.39, 0.29) is 30.4 Å². The number of nitrogens with two attached hydrogens (primary N) is 2. The lowest BCUT2D eigenvalue weighted by Crippen LogP contribution is -2.57. The Morgan fingerprint density at radius 3 is 2.59 bits per heavy atom. The van der Waals surface area contributed by atoms with E-state index >= 15 is 0 Å². The molecule has 1 saturated carbocycles. The van der Waals surface area contributed by atoms with Gasteiger partial charge in [-0.15, -0.1) is 0 Å². The quantitative estimate of drug-likeness (QED) is 0.228. The van der Waals surface area contributed by atoms with Crippen molar-refractivity contribution in [2.24, 2.45) is 11.5 Å². The predicted octanol–water partition coefficient (Wildman–Crippen LogP) is 3.59. The predicted molar refractivity (Wildman–Crippen MR) is 129 cm³/mol. The average molecular weight is 476 g/mol. The first-order chi connectivity index (χ1) is 15.2. The molecule has 0 bridgehead atoms. The molecule has 1 aliphatic heterocycles. The minimum absolute atomic E-state index is 0.0157. The topological polar surface area (TPSA) is 128 Å². The number of hydrogen-bond acceptors (Lipinski definition) is 4. The maximum Gasteiger partial charge on any atom is 0.279 e. The molecule has 2 unspecified atom stereocenters. The summed E-state index contributed by atoms with van der Waals surface area (Å²) in [6.07, 6.45) is 3.62. The van der Waals surface area contributed by atoms with Crippen molar-refractivity contribution in [1.29, 1.82) is 5.41 Å². The van der Waals surface area contributed by atoms with Gasteiger partial charge in [0.15, 0.2) is 6.04 Å². The molecule has 1 amide bonds. The number of halogens is 2. The van der Waals surface area contributed by atoms with E-state index in [0.29, 0.717) is 33.3 Å². The van der Waals surface area contributed by atoms with Gasteiger partial charge in [-0.1, -0.05) is 47.5 Å². The highest BCUT2D eigenvalue weighted by atomic mass is 35.5. The van der Waals surface area contributed by atoms with Crippen molar-refractivity contribution in [2.75, 3.05) is 0 Å². The zero-order chi connectivity index (χ0) is 23.0. The van der Waals surface area contributed by atoms with Gasteiger partial charge < -0.3 is 26.6 Å². The zero-order valence-electron chi connectivity index (χ0n) is 17.6. The van der Waals surface area contributed by atoms with Crippen LogP contribution in [0.5, 0.6) is 0 Å². The Balaban J connectivity index is 1.69. The fraction of sp³-hybridized carbons (Fsp3) is 0.391. The second kappa shape index (κ2) is 9.00. The number of fused-ring (bicyclic) bond motifs is 1. The van der Waals surface area contributed by atoms with E-state index in [2.05, 4.69) is 5.32 Å². The van der Waals surface area contributed by atoms with Crippen LogP contribution in [-0.4, -0.2) is 29.9 Å². The molecule has 2 aromatic rings. The third-order valence-electron chi connectivity index (χ3n) is 6.58.